The van der Waals surface area contributed by atoms with E-state index in [2.05, 4.69) is 5.32 Å². The normalized spacial score (nSPS) is 11.3. The van der Waals surface area contributed by atoms with E-state index >= 15 is 0 Å². The number of benzene rings is 2. The van der Waals surface area contributed by atoms with Gasteiger partial charge in [0, 0.05) is 31.8 Å². The predicted octanol–water partition coefficient (Wildman–Crippen LogP) is 3.96. The summed E-state index contributed by atoms with van der Waals surface area (Å²) in [6, 6.07) is 15.5. The molecule has 0 aliphatic carbocycles. The average molecular weight is 427 g/mol. The van der Waals surface area contributed by atoms with Gasteiger partial charge in [0.2, 0.25) is 0 Å². The quantitative estimate of drug-likeness (QED) is 0.432. The number of ether oxygens (including phenoxy) is 2. The Morgan fingerprint density at radius 3 is 2.26 bits per heavy atom. The van der Waals surface area contributed by atoms with E-state index < -0.39 is 18.1 Å². The van der Waals surface area contributed by atoms with Gasteiger partial charge >= 0.3 is 12.1 Å². The molecular weight excluding hydrogens is 396 g/mol. The summed E-state index contributed by atoms with van der Waals surface area (Å²) in [5.41, 5.74) is 2.37. The standard InChI is InChI=1S/C24H30N2O5/c1-4-16-30-23(28)21(25-24(29)31-17-18-8-6-5-7-9-18)14-15-22(27)19-10-12-20(13-11-19)26(2)3/h5-13,21H,4,14-17H2,1-3H3,(H,25,29). The Morgan fingerprint density at radius 2 is 1.65 bits per heavy atom. The van der Waals surface area contributed by atoms with Crippen LogP contribution in [0.3, 0.4) is 0 Å². The highest BCUT2D eigenvalue weighted by Gasteiger charge is 2.24. The number of esters is 1. The van der Waals surface area contributed by atoms with Gasteiger partial charge in [-0.2, -0.15) is 0 Å². The smallest absolute Gasteiger partial charge is 0.408 e. The molecule has 7 nitrogen and oxygen atoms in total. The molecule has 2 aromatic rings. The van der Waals surface area contributed by atoms with Crippen LogP contribution < -0.4 is 10.2 Å². The number of amides is 1. The lowest BCUT2D eigenvalue weighted by atomic mass is 10.0. The van der Waals surface area contributed by atoms with Gasteiger partial charge in [-0.05, 0) is 42.7 Å². The minimum atomic E-state index is -0.958. The van der Waals surface area contributed by atoms with E-state index in [-0.39, 0.29) is 31.8 Å². The zero-order chi connectivity index (χ0) is 22.6. The fourth-order valence-electron chi connectivity index (χ4n) is 2.82. The molecule has 0 saturated carbocycles. The lowest BCUT2D eigenvalue weighted by Crippen LogP contribution is -2.42. The lowest BCUT2D eigenvalue weighted by Gasteiger charge is -2.17. The number of anilines is 1. The van der Waals surface area contributed by atoms with Crippen LogP contribution in [-0.4, -0.2) is 44.6 Å². The molecule has 1 atom stereocenters. The first-order valence-corrected chi connectivity index (χ1v) is 10.3. The van der Waals surface area contributed by atoms with E-state index in [9.17, 15) is 14.4 Å². The first-order valence-electron chi connectivity index (χ1n) is 10.3. The summed E-state index contributed by atoms with van der Waals surface area (Å²) in [6.45, 7) is 2.21. The number of alkyl carbamates (subject to hydrolysis) is 1. The van der Waals surface area contributed by atoms with E-state index in [1.807, 2.05) is 68.4 Å². The number of nitrogens with one attached hydrogen (secondary N) is 1. The summed E-state index contributed by atoms with van der Waals surface area (Å²) in [4.78, 5) is 39.1. The minimum absolute atomic E-state index is 0.0839. The third-order valence-corrected chi connectivity index (χ3v) is 4.60. The van der Waals surface area contributed by atoms with Crippen LogP contribution in [-0.2, 0) is 20.9 Å². The van der Waals surface area contributed by atoms with Crippen molar-refractivity contribution in [1.82, 2.24) is 5.32 Å². The molecule has 0 radical (unpaired) electrons. The van der Waals surface area contributed by atoms with Crippen LogP contribution in [0.2, 0.25) is 0 Å². The Balaban J connectivity index is 1.94. The molecule has 1 unspecified atom stereocenters. The molecule has 7 heteroatoms. The molecule has 1 amide bonds. The topological polar surface area (TPSA) is 84.9 Å². The molecule has 166 valence electrons. The Morgan fingerprint density at radius 1 is 0.968 bits per heavy atom. The first-order chi connectivity index (χ1) is 14.9. The fourth-order valence-corrected chi connectivity index (χ4v) is 2.82. The van der Waals surface area contributed by atoms with Crippen molar-refractivity contribution >= 4 is 23.5 Å². The third-order valence-electron chi connectivity index (χ3n) is 4.60. The summed E-state index contributed by atoms with van der Waals surface area (Å²) in [7, 11) is 3.85. The molecule has 0 aliphatic rings. The van der Waals surface area contributed by atoms with Crippen LogP contribution in [0, 0.1) is 0 Å². The van der Waals surface area contributed by atoms with Crippen molar-refractivity contribution in [3.8, 4) is 0 Å². The number of Topliss-reactive ketones (excluding diaryl/α,β-unsaturated/α-hetero) is 1. The van der Waals surface area contributed by atoms with Gasteiger partial charge in [0.1, 0.15) is 12.6 Å². The van der Waals surface area contributed by atoms with E-state index in [4.69, 9.17) is 9.47 Å². The zero-order valence-corrected chi connectivity index (χ0v) is 18.3. The molecule has 0 bridgehead atoms. The van der Waals surface area contributed by atoms with Crippen molar-refractivity contribution < 1.29 is 23.9 Å². The Bertz CT molecular complexity index is 850. The van der Waals surface area contributed by atoms with Crippen molar-refractivity contribution in [1.29, 1.82) is 0 Å². The highest BCUT2D eigenvalue weighted by atomic mass is 16.6. The molecular formula is C24H30N2O5. The van der Waals surface area contributed by atoms with Gasteiger partial charge in [0.15, 0.2) is 5.78 Å². The number of carbonyl (C=O) groups is 3. The van der Waals surface area contributed by atoms with E-state index in [0.717, 1.165) is 11.3 Å². The molecule has 0 heterocycles. The van der Waals surface area contributed by atoms with E-state index in [0.29, 0.717) is 12.0 Å². The van der Waals surface area contributed by atoms with Crippen LogP contribution >= 0.6 is 0 Å². The SMILES string of the molecule is CCCOC(=O)C(CCC(=O)c1ccc(N(C)C)cc1)NC(=O)OCc1ccccc1. The summed E-state index contributed by atoms with van der Waals surface area (Å²) < 4.78 is 10.4. The summed E-state index contributed by atoms with van der Waals surface area (Å²) >= 11 is 0. The van der Waals surface area contributed by atoms with Gasteiger partial charge in [0.05, 0.1) is 6.61 Å². The number of hydrogen-bond acceptors (Lipinski definition) is 6. The fraction of sp³-hybridized carbons (Fsp3) is 0.375. The van der Waals surface area contributed by atoms with Crippen molar-refractivity contribution in [3.05, 3.63) is 65.7 Å². The van der Waals surface area contributed by atoms with Crippen LogP contribution in [0.5, 0.6) is 0 Å². The maximum atomic E-state index is 12.6. The second kappa shape index (κ2) is 12.4. The minimum Gasteiger partial charge on any atom is -0.464 e. The van der Waals surface area contributed by atoms with Crippen LogP contribution in [0.15, 0.2) is 54.6 Å². The highest BCUT2D eigenvalue weighted by molar-refractivity contribution is 5.96. The van der Waals surface area contributed by atoms with Crippen LogP contribution in [0.1, 0.15) is 42.1 Å². The molecule has 0 aromatic heterocycles. The van der Waals surface area contributed by atoms with Gasteiger partial charge in [-0.3, -0.25) is 4.79 Å². The third kappa shape index (κ3) is 8.12. The maximum absolute atomic E-state index is 12.6. The number of nitrogens with zero attached hydrogens (tertiary/aromatic N) is 1. The number of ketones is 1. The second-order valence-corrected chi connectivity index (χ2v) is 7.33. The maximum Gasteiger partial charge on any atom is 0.408 e. The summed E-state index contributed by atoms with van der Waals surface area (Å²) in [5.74, 6) is -0.688. The number of rotatable bonds is 11. The molecule has 2 aromatic carbocycles. The van der Waals surface area contributed by atoms with Crippen LogP contribution in [0.4, 0.5) is 10.5 Å². The molecule has 0 saturated heterocycles. The van der Waals surface area contributed by atoms with E-state index in [1.54, 1.807) is 12.1 Å². The zero-order valence-electron chi connectivity index (χ0n) is 18.3. The number of hydrogen-bond donors (Lipinski definition) is 1. The van der Waals surface area contributed by atoms with Crippen molar-refractivity contribution in [2.24, 2.45) is 0 Å². The van der Waals surface area contributed by atoms with Gasteiger partial charge in [-0.1, -0.05) is 37.3 Å². The Hall–Kier alpha value is -3.35. The monoisotopic (exact) mass is 426 g/mol. The largest absolute Gasteiger partial charge is 0.464 e. The van der Waals surface area contributed by atoms with Crippen LogP contribution in [0.25, 0.3) is 0 Å². The van der Waals surface area contributed by atoms with E-state index in [1.165, 1.54) is 0 Å². The molecule has 0 fully saturated rings. The van der Waals surface area contributed by atoms with Gasteiger partial charge in [0.25, 0.3) is 0 Å². The van der Waals surface area contributed by atoms with Crippen molar-refractivity contribution in [2.45, 2.75) is 38.8 Å². The summed E-state index contributed by atoms with van der Waals surface area (Å²) in [6.07, 6.45) is 0.141. The first kappa shape index (κ1) is 23.9. The Kier molecular flexibility index (Phi) is 9.55. The Labute approximate surface area is 183 Å². The summed E-state index contributed by atoms with van der Waals surface area (Å²) in [5, 5.41) is 2.53. The second-order valence-electron chi connectivity index (χ2n) is 7.33. The van der Waals surface area contributed by atoms with Gasteiger partial charge in [-0.15, -0.1) is 0 Å². The molecule has 0 spiro atoms. The molecule has 0 aliphatic heterocycles. The lowest BCUT2D eigenvalue weighted by molar-refractivity contribution is -0.146. The average Bonchev–Trinajstić information content (AvgIpc) is 2.79. The van der Waals surface area contributed by atoms with Gasteiger partial charge < -0.3 is 19.7 Å². The highest BCUT2D eigenvalue weighted by Crippen LogP contribution is 2.15. The molecule has 31 heavy (non-hydrogen) atoms. The predicted molar refractivity (Wildman–Crippen MR) is 119 cm³/mol. The molecule has 2 rings (SSSR count). The van der Waals surface area contributed by atoms with Crippen molar-refractivity contribution in [3.63, 3.8) is 0 Å². The van der Waals surface area contributed by atoms with Crippen molar-refractivity contribution in [2.75, 3.05) is 25.6 Å². The molecule has 1 N–H and O–H groups in total. The van der Waals surface area contributed by atoms with Gasteiger partial charge in [-0.25, -0.2) is 9.59 Å². The number of carbonyl (C=O) groups excluding carboxylic acids is 3.